The van der Waals surface area contributed by atoms with Gasteiger partial charge in [0, 0.05) is 22.6 Å². The Morgan fingerprint density at radius 1 is 0.531 bits per heavy atom. The first-order chi connectivity index (χ1) is 15.7. The van der Waals surface area contributed by atoms with E-state index in [-0.39, 0.29) is 0 Å². The van der Waals surface area contributed by atoms with Gasteiger partial charge in [-0.3, -0.25) is 0 Å². The van der Waals surface area contributed by atoms with Gasteiger partial charge in [-0.15, -0.1) is 11.3 Å². The van der Waals surface area contributed by atoms with Crippen molar-refractivity contribution in [2.24, 2.45) is 0 Å². The summed E-state index contributed by atoms with van der Waals surface area (Å²) in [4.78, 5) is 2.79. The number of hydrogen-bond acceptors (Lipinski definition) is 4. The summed E-state index contributed by atoms with van der Waals surface area (Å²) >= 11 is 1.91. The van der Waals surface area contributed by atoms with Crippen LogP contribution in [0.4, 0.5) is 0 Å². The van der Waals surface area contributed by atoms with E-state index < -0.39 is 0 Å². The molecule has 3 nitrogen and oxygen atoms in total. The lowest BCUT2D eigenvalue weighted by molar-refractivity contribution is 0.414. The molecule has 4 heteroatoms. The maximum absolute atomic E-state index is 5.31. The molecule has 164 valence electrons. The lowest BCUT2D eigenvalue weighted by atomic mass is 10.0. The Bertz CT molecular complexity index is 1060. The van der Waals surface area contributed by atoms with Gasteiger partial charge in [0.05, 0.1) is 21.3 Å². The second kappa shape index (κ2) is 10.4. The topological polar surface area (TPSA) is 27.7 Å². The third-order valence-corrected chi connectivity index (χ3v) is 6.74. The van der Waals surface area contributed by atoms with Crippen LogP contribution in [0.3, 0.4) is 0 Å². The standard InChI is InChI=1S/C28H28O3S/c1-29-24-10-4-20(5-11-24)16-23-19-27(17-21-6-12-25(30-2)13-7-21)32-28(23)18-22-8-14-26(31-3)15-9-22/h4-15,19H,16-18H2,1-3H3. The fourth-order valence-electron chi connectivity index (χ4n) is 3.75. The van der Waals surface area contributed by atoms with E-state index in [9.17, 15) is 0 Å². The van der Waals surface area contributed by atoms with E-state index in [0.29, 0.717) is 0 Å². The SMILES string of the molecule is COc1ccc(Cc2cc(Cc3ccc(OC)cc3)c(Cc3ccc(OC)cc3)s2)cc1. The van der Waals surface area contributed by atoms with E-state index in [2.05, 4.69) is 42.5 Å². The fourth-order valence-corrected chi connectivity index (χ4v) is 5.01. The Morgan fingerprint density at radius 2 is 0.938 bits per heavy atom. The first-order valence-corrected chi connectivity index (χ1v) is 11.5. The summed E-state index contributed by atoms with van der Waals surface area (Å²) in [6.45, 7) is 0. The predicted molar refractivity (Wildman–Crippen MR) is 132 cm³/mol. The van der Waals surface area contributed by atoms with Crippen LogP contribution >= 0.6 is 11.3 Å². The van der Waals surface area contributed by atoms with Crippen molar-refractivity contribution in [3.05, 3.63) is 111 Å². The average molecular weight is 445 g/mol. The fraction of sp³-hybridized carbons (Fsp3) is 0.214. The van der Waals surface area contributed by atoms with Gasteiger partial charge in [-0.2, -0.15) is 0 Å². The highest BCUT2D eigenvalue weighted by molar-refractivity contribution is 7.12. The van der Waals surface area contributed by atoms with Crippen molar-refractivity contribution in [3.8, 4) is 17.2 Å². The van der Waals surface area contributed by atoms with Crippen molar-refractivity contribution in [2.75, 3.05) is 21.3 Å². The highest BCUT2D eigenvalue weighted by atomic mass is 32.1. The zero-order valence-corrected chi connectivity index (χ0v) is 19.6. The van der Waals surface area contributed by atoms with Gasteiger partial charge in [0.25, 0.3) is 0 Å². The number of methoxy groups -OCH3 is 3. The Labute approximate surface area is 194 Å². The van der Waals surface area contributed by atoms with Gasteiger partial charge < -0.3 is 14.2 Å². The highest BCUT2D eigenvalue weighted by Crippen LogP contribution is 2.30. The monoisotopic (exact) mass is 444 g/mol. The molecule has 3 aromatic carbocycles. The average Bonchev–Trinajstić information content (AvgIpc) is 3.20. The lowest BCUT2D eigenvalue weighted by Gasteiger charge is -2.07. The summed E-state index contributed by atoms with van der Waals surface area (Å²) in [7, 11) is 5.10. The molecule has 4 rings (SSSR count). The Morgan fingerprint density at radius 3 is 1.38 bits per heavy atom. The van der Waals surface area contributed by atoms with Crippen LogP contribution in [0.5, 0.6) is 17.2 Å². The molecule has 0 saturated heterocycles. The molecular weight excluding hydrogens is 416 g/mol. The van der Waals surface area contributed by atoms with Crippen molar-refractivity contribution in [1.29, 1.82) is 0 Å². The number of thiophene rings is 1. The quantitative estimate of drug-likeness (QED) is 0.293. The Balaban J connectivity index is 1.59. The molecule has 4 aromatic rings. The normalized spacial score (nSPS) is 10.7. The zero-order valence-electron chi connectivity index (χ0n) is 18.8. The minimum Gasteiger partial charge on any atom is -0.497 e. The maximum atomic E-state index is 5.31. The van der Waals surface area contributed by atoms with Crippen LogP contribution in [-0.4, -0.2) is 21.3 Å². The smallest absolute Gasteiger partial charge is 0.118 e. The summed E-state index contributed by atoms with van der Waals surface area (Å²) in [5.41, 5.74) is 5.26. The highest BCUT2D eigenvalue weighted by Gasteiger charge is 2.12. The lowest BCUT2D eigenvalue weighted by Crippen LogP contribution is -1.93. The molecule has 1 heterocycles. The van der Waals surface area contributed by atoms with Crippen molar-refractivity contribution in [1.82, 2.24) is 0 Å². The van der Waals surface area contributed by atoms with E-state index >= 15 is 0 Å². The Hall–Kier alpha value is -3.24. The van der Waals surface area contributed by atoms with E-state index in [1.54, 1.807) is 21.3 Å². The molecule has 32 heavy (non-hydrogen) atoms. The maximum Gasteiger partial charge on any atom is 0.118 e. The molecule has 0 bridgehead atoms. The molecule has 0 unspecified atom stereocenters. The van der Waals surface area contributed by atoms with Crippen LogP contribution < -0.4 is 14.2 Å². The third kappa shape index (κ3) is 5.51. The van der Waals surface area contributed by atoms with Crippen LogP contribution in [0.2, 0.25) is 0 Å². The molecule has 0 fully saturated rings. The molecule has 0 radical (unpaired) electrons. The molecule has 0 atom stereocenters. The van der Waals surface area contributed by atoms with Crippen LogP contribution in [0.1, 0.15) is 32.0 Å². The van der Waals surface area contributed by atoms with Gasteiger partial charge in [-0.25, -0.2) is 0 Å². The van der Waals surface area contributed by atoms with Gasteiger partial charge in [-0.1, -0.05) is 36.4 Å². The van der Waals surface area contributed by atoms with Gasteiger partial charge in [-0.05, 0) is 71.1 Å². The molecule has 0 aliphatic heterocycles. The van der Waals surface area contributed by atoms with E-state index in [4.69, 9.17) is 14.2 Å². The van der Waals surface area contributed by atoms with Crippen LogP contribution in [0.25, 0.3) is 0 Å². The van der Waals surface area contributed by atoms with E-state index in [1.807, 2.05) is 47.7 Å². The molecule has 0 amide bonds. The number of benzene rings is 3. The van der Waals surface area contributed by atoms with Gasteiger partial charge in [0.1, 0.15) is 17.2 Å². The van der Waals surface area contributed by atoms with Gasteiger partial charge >= 0.3 is 0 Å². The van der Waals surface area contributed by atoms with Crippen LogP contribution in [0, 0.1) is 0 Å². The second-order valence-electron chi connectivity index (χ2n) is 7.74. The number of hydrogen-bond donors (Lipinski definition) is 0. The van der Waals surface area contributed by atoms with E-state index in [0.717, 1.165) is 36.5 Å². The summed E-state index contributed by atoms with van der Waals surface area (Å²) in [5.74, 6) is 2.66. The molecule has 0 aliphatic rings. The zero-order chi connectivity index (χ0) is 22.3. The Kier molecular flexibility index (Phi) is 7.13. The van der Waals surface area contributed by atoms with Crippen molar-refractivity contribution in [2.45, 2.75) is 19.3 Å². The first-order valence-electron chi connectivity index (χ1n) is 10.7. The summed E-state index contributed by atoms with van der Waals surface area (Å²) < 4.78 is 15.9. The predicted octanol–water partition coefficient (Wildman–Crippen LogP) is 6.55. The molecule has 0 N–H and O–H groups in total. The molecular formula is C28H28O3S. The first kappa shape index (κ1) is 22.0. The number of rotatable bonds is 9. The number of ether oxygens (including phenoxy) is 3. The molecule has 0 saturated carbocycles. The van der Waals surface area contributed by atoms with Gasteiger partial charge in [0.2, 0.25) is 0 Å². The minimum atomic E-state index is 0.887. The molecule has 1 aromatic heterocycles. The third-order valence-electron chi connectivity index (χ3n) is 5.56. The summed E-state index contributed by atoms with van der Waals surface area (Å²) in [6, 6.07) is 27.4. The molecule has 0 spiro atoms. The summed E-state index contributed by atoms with van der Waals surface area (Å²) in [5, 5.41) is 0. The van der Waals surface area contributed by atoms with Crippen molar-refractivity contribution >= 4 is 11.3 Å². The van der Waals surface area contributed by atoms with E-state index in [1.165, 1.54) is 32.0 Å². The summed E-state index contributed by atoms with van der Waals surface area (Å²) in [6.07, 6.45) is 2.75. The minimum absolute atomic E-state index is 0.887. The van der Waals surface area contributed by atoms with Crippen LogP contribution in [-0.2, 0) is 19.3 Å². The van der Waals surface area contributed by atoms with Crippen molar-refractivity contribution in [3.63, 3.8) is 0 Å². The van der Waals surface area contributed by atoms with Gasteiger partial charge in [0.15, 0.2) is 0 Å². The van der Waals surface area contributed by atoms with Crippen LogP contribution in [0.15, 0.2) is 78.9 Å². The second-order valence-corrected chi connectivity index (χ2v) is 8.96. The largest absolute Gasteiger partial charge is 0.497 e. The molecule has 0 aliphatic carbocycles. The van der Waals surface area contributed by atoms with Crippen molar-refractivity contribution < 1.29 is 14.2 Å².